The van der Waals surface area contributed by atoms with E-state index in [0.29, 0.717) is 42.0 Å². The van der Waals surface area contributed by atoms with Crippen LogP contribution >= 0.6 is 0 Å². The largest absolute Gasteiger partial charge is 0.490 e. The molecule has 0 amide bonds. The van der Waals surface area contributed by atoms with Gasteiger partial charge in [0.2, 0.25) is 0 Å². The highest BCUT2D eigenvalue weighted by Gasteiger charge is 2.42. The number of nitrogens with zero attached hydrogens (tertiary/aromatic N) is 2. The number of carboxylic acids is 1. The fourth-order valence-electron chi connectivity index (χ4n) is 5.12. The summed E-state index contributed by atoms with van der Waals surface area (Å²) in [7, 11) is 0. The Morgan fingerprint density at radius 1 is 1.15 bits per heavy atom. The Morgan fingerprint density at radius 2 is 1.85 bits per heavy atom. The average molecular weight is 658 g/mol. The number of ether oxygens (including phenoxy) is 1. The zero-order chi connectivity index (χ0) is 34.7. The number of aromatic amines is 1. The van der Waals surface area contributed by atoms with Crippen LogP contribution < -0.4 is 11.1 Å². The standard InChI is InChI=1S/C31H34FN5O3.C2HF3O2/c1-30(2)13-23-25(24(38)14-30)22(11-10-21-9-8-19(15-34-21)18-6-5-7-20(32)12-18)26-27(36-37-28(26)35-23)29(39)40-17-31(3,4)16-33;3-2(4,5)1(6)7/h5-12,15,22H,13-14,16-17,33H2,1-4H3,(H2,35,36,37);(H,6,7)/b11-10+;. The molecule has 0 saturated heterocycles. The smallest absolute Gasteiger partial charge is 0.475 e. The highest BCUT2D eigenvalue weighted by molar-refractivity contribution is 6.03. The van der Waals surface area contributed by atoms with Crippen LogP contribution in [-0.4, -0.2) is 57.3 Å². The predicted molar refractivity (Wildman–Crippen MR) is 165 cm³/mol. The molecule has 10 nitrogen and oxygen atoms in total. The number of anilines is 1. The van der Waals surface area contributed by atoms with Crippen LogP contribution in [0.2, 0.25) is 0 Å². The molecular formula is C33H35F4N5O5. The number of fused-ring (bicyclic) bond motifs is 1. The van der Waals surface area contributed by atoms with E-state index in [1.54, 1.807) is 12.3 Å². The molecule has 1 aromatic carbocycles. The van der Waals surface area contributed by atoms with Crippen LogP contribution in [0.4, 0.5) is 23.4 Å². The molecule has 1 unspecified atom stereocenters. The van der Waals surface area contributed by atoms with Gasteiger partial charge in [-0.15, -0.1) is 0 Å². The molecule has 3 aromatic rings. The number of Topliss-reactive ketones (excluding diaryl/α,β-unsaturated/α-hetero) is 1. The van der Waals surface area contributed by atoms with Crippen molar-refractivity contribution in [1.82, 2.24) is 15.2 Å². The van der Waals surface area contributed by atoms with Crippen molar-refractivity contribution < 1.29 is 41.8 Å². The van der Waals surface area contributed by atoms with Crippen molar-refractivity contribution >= 4 is 29.6 Å². The first-order valence-electron chi connectivity index (χ1n) is 14.6. The molecule has 1 aliphatic heterocycles. The summed E-state index contributed by atoms with van der Waals surface area (Å²) in [6.45, 7) is 8.46. The molecule has 2 aromatic heterocycles. The number of esters is 1. The number of aromatic nitrogens is 3. The number of hydrogen-bond donors (Lipinski definition) is 4. The fourth-order valence-corrected chi connectivity index (χ4v) is 5.12. The normalized spacial score (nSPS) is 17.3. The Labute approximate surface area is 268 Å². The Morgan fingerprint density at radius 3 is 2.45 bits per heavy atom. The van der Waals surface area contributed by atoms with E-state index in [2.05, 4.69) is 34.3 Å². The molecule has 0 spiro atoms. The number of benzene rings is 1. The van der Waals surface area contributed by atoms with E-state index in [9.17, 15) is 27.2 Å². The van der Waals surface area contributed by atoms with Gasteiger partial charge in [-0.3, -0.25) is 14.9 Å². The summed E-state index contributed by atoms with van der Waals surface area (Å²) in [4.78, 5) is 40.1. The van der Waals surface area contributed by atoms with Gasteiger partial charge in [0.15, 0.2) is 11.5 Å². The first-order chi connectivity index (χ1) is 21.9. The van der Waals surface area contributed by atoms with E-state index >= 15 is 0 Å². The lowest BCUT2D eigenvalue weighted by molar-refractivity contribution is -0.192. The monoisotopic (exact) mass is 657 g/mol. The zero-order valence-corrected chi connectivity index (χ0v) is 26.2. The third-order valence-corrected chi connectivity index (χ3v) is 7.61. The van der Waals surface area contributed by atoms with Crippen LogP contribution in [0.1, 0.15) is 68.2 Å². The molecule has 0 radical (unpaired) electrons. The van der Waals surface area contributed by atoms with Crippen molar-refractivity contribution in [3.63, 3.8) is 0 Å². The number of halogens is 4. The maximum Gasteiger partial charge on any atom is 0.490 e. The zero-order valence-electron chi connectivity index (χ0n) is 26.2. The third kappa shape index (κ3) is 8.50. The molecule has 1 aliphatic carbocycles. The number of pyridine rings is 1. The molecular weight excluding hydrogens is 622 g/mol. The quantitative estimate of drug-likeness (QED) is 0.170. The number of nitrogens with two attached hydrogens (primary N) is 1. The second-order valence-corrected chi connectivity index (χ2v) is 12.9. The maximum atomic E-state index is 13.7. The number of carbonyl (C=O) groups excluding carboxylic acids is 2. The minimum absolute atomic E-state index is 0.0262. The van der Waals surface area contributed by atoms with Gasteiger partial charge in [-0.1, -0.05) is 52.0 Å². The molecule has 5 rings (SSSR count). The second-order valence-electron chi connectivity index (χ2n) is 12.9. The molecule has 250 valence electrons. The van der Waals surface area contributed by atoms with Crippen LogP contribution in [0.25, 0.3) is 17.2 Å². The molecule has 0 bridgehead atoms. The van der Waals surface area contributed by atoms with E-state index in [1.165, 1.54) is 12.1 Å². The van der Waals surface area contributed by atoms with Gasteiger partial charge < -0.3 is 20.9 Å². The molecule has 2 aliphatic rings. The first kappa shape index (κ1) is 35.0. The Hall–Kier alpha value is -4.85. The molecule has 47 heavy (non-hydrogen) atoms. The number of alkyl halides is 3. The number of ketones is 1. The van der Waals surface area contributed by atoms with Crippen LogP contribution in [-0.2, 0) is 14.3 Å². The van der Waals surface area contributed by atoms with E-state index < -0.39 is 24.0 Å². The lowest BCUT2D eigenvalue weighted by atomic mass is 9.70. The number of H-pyrrole nitrogens is 1. The van der Waals surface area contributed by atoms with Crippen molar-refractivity contribution in [2.24, 2.45) is 16.6 Å². The highest BCUT2D eigenvalue weighted by Crippen LogP contribution is 2.47. The number of allylic oxidation sites excluding steroid dienone is 3. The lowest BCUT2D eigenvalue weighted by Gasteiger charge is -2.37. The minimum Gasteiger partial charge on any atom is -0.475 e. The summed E-state index contributed by atoms with van der Waals surface area (Å²) in [5.74, 6) is -3.58. The summed E-state index contributed by atoms with van der Waals surface area (Å²) >= 11 is 0. The number of nitrogens with one attached hydrogen (secondary N) is 2. The van der Waals surface area contributed by atoms with E-state index in [4.69, 9.17) is 20.4 Å². The number of carboxylic acid groups (broad SMARTS) is 1. The summed E-state index contributed by atoms with van der Waals surface area (Å²) in [6.07, 6.45) is 1.39. The van der Waals surface area contributed by atoms with Gasteiger partial charge in [-0.25, -0.2) is 14.0 Å². The number of rotatable bonds is 7. The van der Waals surface area contributed by atoms with Gasteiger partial charge in [0, 0.05) is 52.9 Å². The van der Waals surface area contributed by atoms with Crippen molar-refractivity contribution in [2.75, 3.05) is 18.5 Å². The molecule has 0 saturated carbocycles. The van der Waals surface area contributed by atoms with Gasteiger partial charge in [-0.2, -0.15) is 18.3 Å². The molecule has 3 heterocycles. The van der Waals surface area contributed by atoms with E-state index in [-0.39, 0.29) is 34.7 Å². The minimum atomic E-state index is -5.08. The third-order valence-electron chi connectivity index (χ3n) is 7.61. The molecule has 0 fully saturated rings. The first-order valence-corrected chi connectivity index (χ1v) is 14.6. The summed E-state index contributed by atoms with van der Waals surface area (Å²) in [5, 5.41) is 17.7. The SMILES string of the molecule is CC(C)(CN)COC(=O)c1n[nH]c2c1C(/C=C/c1ccc(-c3cccc(F)c3)cn1)C1=C(CC(C)(C)CC1=O)N2.O=C(O)C(F)(F)F. The van der Waals surface area contributed by atoms with Crippen molar-refractivity contribution in [3.05, 3.63) is 82.7 Å². The predicted octanol–water partition coefficient (Wildman–Crippen LogP) is 6.25. The van der Waals surface area contributed by atoms with Gasteiger partial charge in [0.1, 0.15) is 11.6 Å². The summed E-state index contributed by atoms with van der Waals surface area (Å²) in [6, 6.07) is 10.0. The van der Waals surface area contributed by atoms with E-state index in [0.717, 1.165) is 16.8 Å². The number of aliphatic carboxylic acids is 1. The van der Waals surface area contributed by atoms with Crippen molar-refractivity contribution in [3.8, 4) is 11.1 Å². The van der Waals surface area contributed by atoms with Gasteiger partial charge >= 0.3 is 18.1 Å². The Balaban J connectivity index is 0.000000644. The molecule has 1 atom stereocenters. The Kier molecular flexibility index (Phi) is 10.0. The van der Waals surface area contributed by atoms with Crippen LogP contribution in [0.3, 0.4) is 0 Å². The van der Waals surface area contributed by atoms with Gasteiger partial charge in [0.25, 0.3) is 0 Å². The van der Waals surface area contributed by atoms with E-state index in [1.807, 2.05) is 44.2 Å². The molecule has 5 N–H and O–H groups in total. The van der Waals surface area contributed by atoms with Gasteiger partial charge in [0.05, 0.1) is 12.3 Å². The summed E-state index contributed by atoms with van der Waals surface area (Å²) in [5.41, 5.74) is 9.54. The Bertz CT molecular complexity index is 1730. The van der Waals surface area contributed by atoms with Crippen LogP contribution in [0, 0.1) is 16.6 Å². The average Bonchev–Trinajstić information content (AvgIpc) is 3.41. The maximum absolute atomic E-state index is 13.7. The van der Waals surface area contributed by atoms with Crippen LogP contribution in [0.5, 0.6) is 0 Å². The fraction of sp³-hybridized carbons (Fsp3) is 0.364. The van der Waals surface area contributed by atoms with Crippen LogP contribution in [0.15, 0.2) is 59.9 Å². The molecule has 14 heteroatoms. The topological polar surface area (TPSA) is 160 Å². The van der Waals surface area contributed by atoms with Gasteiger partial charge in [-0.05, 0) is 41.7 Å². The lowest BCUT2D eigenvalue weighted by Crippen LogP contribution is -2.33. The van der Waals surface area contributed by atoms with Crippen molar-refractivity contribution in [1.29, 1.82) is 0 Å². The second kappa shape index (κ2) is 13.5. The summed E-state index contributed by atoms with van der Waals surface area (Å²) < 4.78 is 51.0. The number of hydrogen-bond acceptors (Lipinski definition) is 8. The van der Waals surface area contributed by atoms with Crippen molar-refractivity contribution in [2.45, 2.75) is 52.6 Å². The highest BCUT2D eigenvalue weighted by atomic mass is 19.4. The number of carbonyl (C=O) groups is 3.